The Morgan fingerprint density at radius 3 is 2.47 bits per heavy atom. The van der Waals surface area contributed by atoms with Crippen molar-refractivity contribution in [3.8, 4) is 17.2 Å². The van der Waals surface area contributed by atoms with Crippen molar-refractivity contribution in [3.63, 3.8) is 0 Å². The molecule has 0 saturated carbocycles. The van der Waals surface area contributed by atoms with Crippen LogP contribution in [0.4, 0.5) is 10.1 Å². The molecule has 5 aromatic rings. The van der Waals surface area contributed by atoms with E-state index in [1.165, 1.54) is 30.5 Å². The number of nitrogens with zero attached hydrogens (tertiary/aromatic N) is 2. The van der Waals surface area contributed by atoms with Gasteiger partial charge in [-0.25, -0.2) is 9.82 Å². The molecule has 3 aromatic carbocycles. The highest BCUT2D eigenvalue weighted by molar-refractivity contribution is 9.10. The average molecular weight is 694 g/mol. The Morgan fingerprint density at radius 1 is 1.00 bits per heavy atom. The van der Waals surface area contributed by atoms with Gasteiger partial charge in [0, 0.05) is 27.7 Å². The minimum Gasteiger partial charge on any atom is -0.486 e. The van der Waals surface area contributed by atoms with Crippen molar-refractivity contribution in [2.75, 3.05) is 11.9 Å². The standard InChI is InChI=1S/C33H27BrClFN4O5/c1-20-7-8-21(2)40(20)24-9-11-25(12-10-24)43-18-26-13-14-30(45-26)33(42)39-37-17-22-15-23(35)16-27(34)32(22)44-19-31(41)38-29-6-4-3-5-28(29)36/h3-17H,18-19H2,1-2H3,(H,38,41)(H,39,42)/b37-17+. The van der Waals surface area contributed by atoms with E-state index >= 15 is 0 Å². The molecule has 0 spiro atoms. The third-order valence-corrected chi connectivity index (χ3v) is 7.34. The van der Waals surface area contributed by atoms with Gasteiger partial charge in [0.25, 0.3) is 5.91 Å². The van der Waals surface area contributed by atoms with Crippen LogP contribution in [-0.4, -0.2) is 29.2 Å². The number of carbonyl (C=O) groups is 2. The number of ether oxygens (including phenoxy) is 2. The van der Waals surface area contributed by atoms with Gasteiger partial charge in [-0.15, -0.1) is 0 Å². The predicted molar refractivity (Wildman–Crippen MR) is 173 cm³/mol. The lowest BCUT2D eigenvalue weighted by Crippen LogP contribution is -2.21. The van der Waals surface area contributed by atoms with Crippen LogP contribution in [0.1, 0.15) is 33.3 Å². The molecule has 5 rings (SSSR count). The Bertz CT molecular complexity index is 1850. The Balaban J connectivity index is 1.16. The van der Waals surface area contributed by atoms with E-state index in [0.29, 0.717) is 26.6 Å². The third kappa shape index (κ3) is 8.00. The molecule has 2 amide bonds. The molecule has 0 aliphatic heterocycles. The van der Waals surface area contributed by atoms with Crippen molar-refractivity contribution >= 4 is 51.2 Å². The summed E-state index contributed by atoms with van der Waals surface area (Å²) in [5.74, 6) is -0.348. The summed E-state index contributed by atoms with van der Waals surface area (Å²) in [6, 6.07) is 23.9. The van der Waals surface area contributed by atoms with Gasteiger partial charge in [0.05, 0.1) is 16.4 Å². The van der Waals surface area contributed by atoms with Gasteiger partial charge in [0.1, 0.15) is 29.7 Å². The molecule has 0 aliphatic carbocycles. The van der Waals surface area contributed by atoms with Crippen LogP contribution in [0.25, 0.3) is 5.69 Å². The Labute approximate surface area is 271 Å². The molecule has 0 unspecified atom stereocenters. The average Bonchev–Trinajstić information content (AvgIpc) is 3.63. The van der Waals surface area contributed by atoms with Crippen LogP contribution >= 0.6 is 27.5 Å². The Hall–Kier alpha value is -4.87. The highest BCUT2D eigenvalue weighted by Crippen LogP contribution is 2.32. The van der Waals surface area contributed by atoms with Crippen molar-refractivity contribution in [2.24, 2.45) is 5.10 Å². The van der Waals surface area contributed by atoms with Crippen LogP contribution < -0.4 is 20.2 Å². The smallest absolute Gasteiger partial charge is 0.307 e. The fourth-order valence-electron chi connectivity index (χ4n) is 4.43. The molecule has 0 radical (unpaired) electrons. The number of hydrazone groups is 1. The minimum atomic E-state index is -0.591. The number of benzene rings is 3. The topological polar surface area (TPSA) is 107 Å². The summed E-state index contributed by atoms with van der Waals surface area (Å²) in [6.45, 7) is 3.81. The highest BCUT2D eigenvalue weighted by atomic mass is 79.9. The van der Waals surface area contributed by atoms with E-state index in [1.54, 1.807) is 24.3 Å². The zero-order chi connectivity index (χ0) is 31.9. The maximum Gasteiger partial charge on any atom is 0.307 e. The quantitative estimate of drug-likeness (QED) is 0.109. The summed E-state index contributed by atoms with van der Waals surface area (Å²) in [6.07, 6.45) is 1.31. The van der Waals surface area contributed by atoms with Crippen molar-refractivity contribution in [1.29, 1.82) is 0 Å². The number of furan rings is 1. The summed E-state index contributed by atoms with van der Waals surface area (Å²) in [7, 11) is 0. The maximum absolute atomic E-state index is 13.9. The second-order valence-corrected chi connectivity index (χ2v) is 11.1. The molecular weight excluding hydrogens is 667 g/mol. The summed E-state index contributed by atoms with van der Waals surface area (Å²) >= 11 is 9.54. The van der Waals surface area contributed by atoms with E-state index < -0.39 is 24.2 Å². The molecule has 9 nitrogen and oxygen atoms in total. The molecule has 0 aliphatic rings. The van der Waals surface area contributed by atoms with Gasteiger partial charge in [-0.3, -0.25) is 9.59 Å². The number of amides is 2. The number of hydrogen-bond acceptors (Lipinski definition) is 6. The van der Waals surface area contributed by atoms with E-state index in [2.05, 4.69) is 62.3 Å². The van der Waals surface area contributed by atoms with Crippen molar-refractivity contribution in [3.05, 3.63) is 129 Å². The predicted octanol–water partition coefficient (Wildman–Crippen LogP) is 7.60. The van der Waals surface area contributed by atoms with E-state index in [9.17, 15) is 14.0 Å². The highest BCUT2D eigenvalue weighted by Gasteiger charge is 2.15. The molecule has 0 bridgehead atoms. The number of carbonyl (C=O) groups excluding carboxylic acids is 2. The number of halogens is 3. The number of anilines is 1. The first-order valence-corrected chi connectivity index (χ1v) is 14.8. The first-order valence-electron chi connectivity index (χ1n) is 13.6. The lowest BCUT2D eigenvalue weighted by atomic mass is 10.2. The fraction of sp³-hybridized carbons (Fsp3) is 0.121. The van der Waals surface area contributed by atoms with Crippen LogP contribution in [0, 0.1) is 19.7 Å². The number of para-hydroxylation sites is 1. The maximum atomic E-state index is 13.9. The van der Waals surface area contributed by atoms with Gasteiger partial charge in [-0.1, -0.05) is 23.7 Å². The molecule has 12 heteroatoms. The second-order valence-electron chi connectivity index (χ2n) is 9.82. The number of aryl methyl sites for hydroxylation is 2. The van der Waals surface area contributed by atoms with Gasteiger partial charge in [-0.2, -0.15) is 5.10 Å². The van der Waals surface area contributed by atoms with Crippen LogP contribution in [0.2, 0.25) is 5.02 Å². The van der Waals surface area contributed by atoms with Gasteiger partial charge in [0.2, 0.25) is 0 Å². The lowest BCUT2D eigenvalue weighted by Gasteiger charge is -2.12. The second kappa shape index (κ2) is 14.3. The van der Waals surface area contributed by atoms with Gasteiger partial charge in [-0.05, 0) is 103 Å². The Kier molecular flexibility index (Phi) is 10.0. The summed E-state index contributed by atoms with van der Waals surface area (Å²) in [5, 5.41) is 6.79. The summed E-state index contributed by atoms with van der Waals surface area (Å²) in [5.41, 5.74) is 6.12. The summed E-state index contributed by atoms with van der Waals surface area (Å²) < 4.78 is 33.6. The minimum absolute atomic E-state index is 0.0332. The molecule has 45 heavy (non-hydrogen) atoms. The fourth-order valence-corrected chi connectivity index (χ4v) is 5.38. The molecule has 0 atom stereocenters. The molecular formula is C33H27BrClFN4O5. The van der Waals surface area contributed by atoms with E-state index in [4.69, 9.17) is 25.5 Å². The van der Waals surface area contributed by atoms with Crippen LogP contribution in [0.15, 0.2) is 98.9 Å². The number of nitrogens with one attached hydrogen (secondary N) is 2. The zero-order valence-electron chi connectivity index (χ0n) is 24.1. The SMILES string of the molecule is Cc1ccc(C)n1-c1ccc(OCc2ccc(C(=O)N/N=C/c3cc(Cl)cc(Br)c3OCC(=O)Nc3ccccc3F)o2)cc1. The monoisotopic (exact) mass is 692 g/mol. The van der Waals surface area contributed by atoms with Gasteiger partial charge >= 0.3 is 5.91 Å². The van der Waals surface area contributed by atoms with Crippen molar-refractivity contribution < 1.29 is 27.9 Å². The Morgan fingerprint density at radius 2 is 1.73 bits per heavy atom. The largest absolute Gasteiger partial charge is 0.486 e. The lowest BCUT2D eigenvalue weighted by molar-refractivity contribution is -0.118. The van der Waals surface area contributed by atoms with E-state index in [1.807, 2.05) is 24.3 Å². The molecule has 2 heterocycles. The summed E-state index contributed by atoms with van der Waals surface area (Å²) in [4.78, 5) is 25.0. The normalized spacial score (nSPS) is 11.0. The van der Waals surface area contributed by atoms with Crippen LogP contribution in [-0.2, 0) is 11.4 Å². The number of hydrogen-bond donors (Lipinski definition) is 2. The molecule has 2 N–H and O–H groups in total. The molecule has 230 valence electrons. The van der Waals surface area contributed by atoms with E-state index in [0.717, 1.165) is 17.1 Å². The van der Waals surface area contributed by atoms with Crippen LogP contribution in [0.5, 0.6) is 11.5 Å². The molecule has 0 saturated heterocycles. The third-order valence-electron chi connectivity index (χ3n) is 6.53. The van der Waals surface area contributed by atoms with Crippen molar-refractivity contribution in [2.45, 2.75) is 20.5 Å². The zero-order valence-corrected chi connectivity index (χ0v) is 26.5. The van der Waals surface area contributed by atoms with Crippen LogP contribution in [0.3, 0.4) is 0 Å². The van der Waals surface area contributed by atoms with Gasteiger partial charge < -0.3 is 23.8 Å². The van der Waals surface area contributed by atoms with Crippen molar-refractivity contribution in [1.82, 2.24) is 9.99 Å². The number of aromatic nitrogens is 1. The first kappa shape index (κ1) is 31.6. The first-order chi connectivity index (χ1) is 21.7. The molecule has 0 fully saturated rings. The number of rotatable bonds is 11. The molecule has 2 aromatic heterocycles. The van der Waals surface area contributed by atoms with E-state index in [-0.39, 0.29) is 23.8 Å². The van der Waals surface area contributed by atoms with Gasteiger partial charge in [0.15, 0.2) is 12.4 Å².